The zero-order chi connectivity index (χ0) is 24.8. The Labute approximate surface area is 211 Å². The number of fused-ring (bicyclic) bond motifs is 1. The Hall–Kier alpha value is -3.56. The second-order valence-corrected chi connectivity index (χ2v) is 9.60. The lowest BCUT2D eigenvalue weighted by molar-refractivity contribution is 0.0474. The number of carbonyl (C=O) groups excluding carboxylic acids is 2. The SMILES string of the molecule is COc1cc(C(=O)COC(=O)c2ccc(CSc3nc4ccccc4s3)cc2)cc(OC)c1OC. The van der Waals surface area contributed by atoms with E-state index >= 15 is 0 Å². The minimum absolute atomic E-state index is 0.287. The highest BCUT2D eigenvalue weighted by atomic mass is 32.2. The molecule has 1 aromatic heterocycles. The van der Waals surface area contributed by atoms with Gasteiger partial charge in [-0.05, 0) is 42.0 Å². The lowest BCUT2D eigenvalue weighted by Gasteiger charge is -2.13. The smallest absolute Gasteiger partial charge is 0.338 e. The third-order valence-corrected chi connectivity index (χ3v) is 7.40. The summed E-state index contributed by atoms with van der Waals surface area (Å²) >= 11 is 3.31. The van der Waals surface area contributed by atoms with Crippen molar-refractivity contribution in [3.63, 3.8) is 0 Å². The van der Waals surface area contributed by atoms with Crippen LogP contribution in [0.3, 0.4) is 0 Å². The van der Waals surface area contributed by atoms with Crippen molar-refractivity contribution in [2.24, 2.45) is 0 Å². The van der Waals surface area contributed by atoms with Crippen molar-refractivity contribution in [2.45, 2.75) is 10.1 Å². The zero-order valence-corrected chi connectivity index (χ0v) is 21.0. The summed E-state index contributed by atoms with van der Waals surface area (Å²) in [7, 11) is 4.41. The van der Waals surface area contributed by atoms with E-state index in [1.165, 1.54) is 33.5 Å². The van der Waals surface area contributed by atoms with Crippen LogP contribution in [0.25, 0.3) is 10.2 Å². The van der Waals surface area contributed by atoms with E-state index in [0.717, 1.165) is 25.9 Å². The lowest BCUT2D eigenvalue weighted by atomic mass is 10.1. The van der Waals surface area contributed by atoms with E-state index in [4.69, 9.17) is 18.9 Å². The predicted molar refractivity (Wildman–Crippen MR) is 136 cm³/mol. The fourth-order valence-corrected chi connectivity index (χ4v) is 5.36. The molecule has 0 fully saturated rings. The topological polar surface area (TPSA) is 84.0 Å². The highest BCUT2D eigenvalue weighted by Crippen LogP contribution is 2.38. The molecule has 35 heavy (non-hydrogen) atoms. The van der Waals surface area contributed by atoms with E-state index in [-0.39, 0.29) is 11.3 Å². The summed E-state index contributed by atoms with van der Waals surface area (Å²) in [6.07, 6.45) is 0. The van der Waals surface area contributed by atoms with Crippen LogP contribution in [0.1, 0.15) is 26.3 Å². The number of para-hydroxylation sites is 1. The number of benzene rings is 3. The molecule has 1 heterocycles. The Morgan fingerprint density at radius 3 is 2.20 bits per heavy atom. The molecule has 0 saturated heterocycles. The van der Waals surface area contributed by atoms with Crippen molar-refractivity contribution in [3.8, 4) is 17.2 Å². The second kappa shape index (κ2) is 11.2. The van der Waals surface area contributed by atoms with Crippen molar-refractivity contribution in [1.29, 1.82) is 0 Å². The molecule has 0 aliphatic carbocycles. The molecule has 9 heteroatoms. The molecule has 4 aromatic rings. The number of hydrogen-bond donors (Lipinski definition) is 0. The Kier molecular flexibility index (Phi) is 7.89. The summed E-state index contributed by atoms with van der Waals surface area (Å²) in [4.78, 5) is 29.7. The van der Waals surface area contributed by atoms with Gasteiger partial charge in [-0.3, -0.25) is 4.79 Å². The number of aromatic nitrogens is 1. The van der Waals surface area contributed by atoms with Gasteiger partial charge < -0.3 is 18.9 Å². The zero-order valence-electron chi connectivity index (χ0n) is 19.4. The van der Waals surface area contributed by atoms with E-state index in [9.17, 15) is 9.59 Å². The third kappa shape index (κ3) is 5.75. The molecule has 7 nitrogen and oxygen atoms in total. The van der Waals surface area contributed by atoms with E-state index in [1.807, 2.05) is 30.3 Å². The van der Waals surface area contributed by atoms with Gasteiger partial charge in [0.2, 0.25) is 11.5 Å². The summed E-state index contributed by atoms with van der Waals surface area (Å²) in [6.45, 7) is -0.410. The molecule has 3 aromatic carbocycles. The van der Waals surface area contributed by atoms with Crippen molar-refractivity contribution < 1.29 is 28.5 Å². The summed E-state index contributed by atoms with van der Waals surface area (Å²) in [5, 5.41) is 0. The first-order valence-corrected chi connectivity index (χ1v) is 12.4. The van der Waals surface area contributed by atoms with Crippen LogP contribution < -0.4 is 14.2 Å². The number of thiazole rings is 1. The summed E-state index contributed by atoms with van der Waals surface area (Å²) in [5.74, 6) is 0.846. The largest absolute Gasteiger partial charge is 0.493 e. The first kappa shape index (κ1) is 24.6. The molecule has 0 N–H and O–H groups in total. The molecule has 0 aliphatic rings. The lowest BCUT2D eigenvalue weighted by Crippen LogP contribution is -2.14. The predicted octanol–water partition coefficient (Wildman–Crippen LogP) is 5.65. The fraction of sp³-hybridized carbons (Fsp3) is 0.192. The molecular formula is C26H23NO6S2. The molecule has 0 aliphatic heterocycles. The summed E-state index contributed by atoms with van der Waals surface area (Å²) in [6, 6.07) is 18.2. The molecular weight excluding hydrogens is 486 g/mol. The van der Waals surface area contributed by atoms with Gasteiger partial charge in [-0.2, -0.15) is 0 Å². The summed E-state index contributed by atoms with van der Waals surface area (Å²) in [5.41, 5.74) is 2.71. The van der Waals surface area contributed by atoms with Gasteiger partial charge in [0.25, 0.3) is 0 Å². The average Bonchev–Trinajstić information content (AvgIpc) is 3.32. The van der Waals surface area contributed by atoms with Crippen molar-refractivity contribution in [2.75, 3.05) is 27.9 Å². The molecule has 180 valence electrons. The van der Waals surface area contributed by atoms with Gasteiger partial charge in [-0.1, -0.05) is 36.0 Å². The Morgan fingerprint density at radius 2 is 1.57 bits per heavy atom. The van der Waals surface area contributed by atoms with Crippen molar-refractivity contribution >= 4 is 45.1 Å². The molecule has 0 amide bonds. The first-order valence-electron chi connectivity index (χ1n) is 10.6. The van der Waals surface area contributed by atoms with E-state index in [2.05, 4.69) is 11.1 Å². The number of nitrogens with zero attached hydrogens (tertiary/aromatic N) is 1. The summed E-state index contributed by atoms with van der Waals surface area (Å²) < 4.78 is 23.2. The van der Waals surface area contributed by atoms with Gasteiger partial charge >= 0.3 is 5.97 Å². The number of ether oxygens (including phenoxy) is 4. The van der Waals surface area contributed by atoms with Crippen LogP contribution in [0.2, 0.25) is 0 Å². The van der Waals surface area contributed by atoms with Crippen molar-refractivity contribution in [1.82, 2.24) is 4.98 Å². The van der Waals surface area contributed by atoms with Crippen molar-refractivity contribution in [3.05, 3.63) is 77.4 Å². The highest BCUT2D eigenvalue weighted by Gasteiger charge is 2.18. The number of ketones is 1. The molecule has 0 radical (unpaired) electrons. The highest BCUT2D eigenvalue weighted by molar-refractivity contribution is 8.00. The van der Waals surface area contributed by atoms with Crippen LogP contribution >= 0.6 is 23.1 Å². The molecule has 0 unspecified atom stereocenters. The van der Waals surface area contributed by atoms with Gasteiger partial charge in [-0.15, -0.1) is 11.3 Å². The first-order chi connectivity index (χ1) is 17.0. The number of methoxy groups -OCH3 is 3. The number of Topliss-reactive ketones (excluding diaryl/α,β-unsaturated/α-hetero) is 1. The maximum absolute atomic E-state index is 12.6. The molecule has 0 atom stereocenters. The van der Waals surface area contributed by atoms with Gasteiger partial charge in [0.05, 0.1) is 37.1 Å². The quantitative estimate of drug-likeness (QED) is 0.154. The van der Waals surface area contributed by atoms with Crippen LogP contribution in [0.15, 0.2) is 65.0 Å². The van der Waals surface area contributed by atoms with Gasteiger partial charge in [0, 0.05) is 11.3 Å². The van der Waals surface area contributed by atoms with Crippen LogP contribution in [-0.2, 0) is 10.5 Å². The Bertz CT molecular complexity index is 1290. The van der Waals surface area contributed by atoms with Crippen LogP contribution in [0.4, 0.5) is 0 Å². The van der Waals surface area contributed by atoms with Gasteiger partial charge in [-0.25, -0.2) is 9.78 Å². The standard InChI is InChI=1S/C26H23NO6S2/c1-30-21-12-18(13-22(31-2)24(21)32-3)20(28)14-33-25(29)17-10-8-16(9-11-17)15-34-26-27-19-6-4-5-7-23(19)35-26/h4-13H,14-15H2,1-3H3. The number of thioether (sulfide) groups is 1. The number of hydrogen-bond acceptors (Lipinski definition) is 9. The molecule has 0 spiro atoms. The second-order valence-electron chi connectivity index (χ2n) is 7.35. The molecule has 0 saturated carbocycles. The van der Waals surface area contributed by atoms with E-state index in [1.54, 1.807) is 35.2 Å². The minimum atomic E-state index is -0.573. The monoisotopic (exact) mass is 509 g/mol. The normalized spacial score (nSPS) is 10.7. The Balaban J connectivity index is 1.34. The van der Waals surface area contributed by atoms with E-state index in [0.29, 0.717) is 22.8 Å². The number of rotatable bonds is 10. The minimum Gasteiger partial charge on any atom is -0.493 e. The third-order valence-electron chi connectivity index (χ3n) is 5.15. The molecule has 0 bridgehead atoms. The maximum atomic E-state index is 12.6. The van der Waals surface area contributed by atoms with Crippen LogP contribution in [0.5, 0.6) is 17.2 Å². The number of esters is 1. The van der Waals surface area contributed by atoms with Gasteiger partial charge in [0.1, 0.15) is 0 Å². The van der Waals surface area contributed by atoms with Crippen LogP contribution in [0, 0.1) is 0 Å². The average molecular weight is 510 g/mol. The maximum Gasteiger partial charge on any atom is 0.338 e. The molecule has 4 rings (SSSR count). The van der Waals surface area contributed by atoms with Crippen LogP contribution in [-0.4, -0.2) is 44.7 Å². The Morgan fingerprint density at radius 1 is 0.886 bits per heavy atom. The fourth-order valence-electron chi connectivity index (χ4n) is 3.33. The van der Waals surface area contributed by atoms with Gasteiger partial charge in [0.15, 0.2) is 22.4 Å². The number of carbonyl (C=O) groups is 2. The van der Waals surface area contributed by atoms with E-state index < -0.39 is 12.6 Å².